The van der Waals surface area contributed by atoms with Crippen molar-refractivity contribution in [2.24, 2.45) is 5.92 Å². The molecule has 1 aromatic carbocycles. The van der Waals surface area contributed by atoms with E-state index in [1.807, 2.05) is 0 Å². The maximum absolute atomic E-state index is 10.0. The minimum Gasteiger partial charge on any atom is -0.392 e. The molecule has 1 heterocycles. The highest BCUT2D eigenvalue weighted by molar-refractivity contribution is 5.25. The number of piperazine rings is 1. The molecule has 1 aliphatic heterocycles. The van der Waals surface area contributed by atoms with Crippen LogP contribution in [0.2, 0.25) is 0 Å². The van der Waals surface area contributed by atoms with Crippen LogP contribution in [0.5, 0.6) is 0 Å². The highest BCUT2D eigenvalue weighted by Crippen LogP contribution is 2.32. The molecule has 1 aromatic rings. The van der Waals surface area contributed by atoms with Crippen LogP contribution in [0.4, 0.5) is 0 Å². The zero-order valence-electron chi connectivity index (χ0n) is 12.5. The van der Waals surface area contributed by atoms with E-state index in [9.17, 15) is 5.11 Å². The van der Waals surface area contributed by atoms with Gasteiger partial charge in [-0.25, -0.2) is 0 Å². The molecule has 0 unspecified atom stereocenters. The average Bonchev–Trinajstić information content (AvgIpc) is 3.28. The number of rotatable bonds is 5. The summed E-state index contributed by atoms with van der Waals surface area (Å²) < 4.78 is 0. The number of hydrogen-bond acceptors (Lipinski definition) is 3. The second-order valence-electron chi connectivity index (χ2n) is 6.41. The summed E-state index contributed by atoms with van der Waals surface area (Å²) in [7, 11) is 0. The van der Waals surface area contributed by atoms with E-state index in [2.05, 4.69) is 41.0 Å². The second kappa shape index (κ2) is 6.25. The maximum atomic E-state index is 10.0. The van der Waals surface area contributed by atoms with E-state index in [1.165, 1.54) is 24.0 Å². The van der Waals surface area contributed by atoms with Gasteiger partial charge in [-0.1, -0.05) is 24.3 Å². The molecule has 2 fully saturated rings. The van der Waals surface area contributed by atoms with E-state index in [-0.39, 0.29) is 6.10 Å². The van der Waals surface area contributed by atoms with E-state index < -0.39 is 0 Å². The number of aliphatic hydroxyl groups excluding tert-OH is 1. The lowest BCUT2D eigenvalue weighted by atomic mass is 10.1. The van der Waals surface area contributed by atoms with E-state index in [0.29, 0.717) is 5.92 Å². The molecule has 1 aliphatic carbocycles. The van der Waals surface area contributed by atoms with E-state index in [1.54, 1.807) is 0 Å². The molecular weight excluding hydrogens is 248 g/mol. The van der Waals surface area contributed by atoms with Crippen molar-refractivity contribution in [3.63, 3.8) is 0 Å². The van der Waals surface area contributed by atoms with Crippen molar-refractivity contribution in [3.8, 4) is 0 Å². The van der Waals surface area contributed by atoms with Gasteiger partial charge in [-0.3, -0.25) is 9.80 Å². The van der Waals surface area contributed by atoms with Crippen molar-refractivity contribution in [3.05, 3.63) is 35.4 Å². The number of aryl methyl sites for hydroxylation is 1. The summed E-state index contributed by atoms with van der Waals surface area (Å²) >= 11 is 0. The minimum atomic E-state index is -0.0853. The van der Waals surface area contributed by atoms with Gasteiger partial charge >= 0.3 is 0 Å². The first-order valence-electron chi connectivity index (χ1n) is 7.89. The molecule has 0 amide bonds. The third-order valence-corrected chi connectivity index (χ3v) is 4.73. The topological polar surface area (TPSA) is 26.7 Å². The maximum Gasteiger partial charge on any atom is 0.0695 e. The summed E-state index contributed by atoms with van der Waals surface area (Å²) in [6.45, 7) is 8.55. The lowest BCUT2D eigenvalue weighted by Gasteiger charge is -2.35. The van der Waals surface area contributed by atoms with Crippen LogP contribution in [0, 0.1) is 12.8 Å². The highest BCUT2D eigenvalue weighted by atomic mass is 16.3. The predicted octanol–water partition coefficient (Wildman–Crippen LogP) is 1.88. The van der Waals surface area contributed by atoms with Crippen molar-refractivity contribution < 1.29 is 5.11 Å². The van der Waals surface area contributed by atoms with Gasteiger partial charge in [-0.05, 0) is 36.8 Å². The number of β-amino-alcohol motifs (C(OH)–C–C–N with tert-alkyl or cyclic N) is 1. The first kappa shape index (κ1) is 14.1. The van der Waals surface area contributed by atoms with Crippen molar-refractivity contribution >= 4 is 0 Å². The standard InChI is InChI=1S/C17H26N2O/c1-14-4-2-3-5-16(14)12-18-8-10-19(11-9-18)13-17(20)15-6-7-15/h2-5,15,17,20H,6-13H2,1H3/t17-/m0/s1. The van der Waals surface area contributed by atoms with Crippen LogP contribution in [0.3, 0.4) is 0 Å². The molecule has 0 bridgehead atoms. The zero-order valence-corrected chi connectivity index (χ0v) is 12.5. The summed E-state index contributed by atoms with van der Waals surface area (Å²) in [5.74, 6) is 0.597. The van der Waals surface area contributed by atoms with Gasteiger partial charge in [0.05, 0.1) is 6.10 Å². The van der Waals surface area contributed by atoms with E-state index in [4.69, 9.17) is 0 Å². The van der Waals surface area contributed by atoms with E-state index >= 15 is 0 Å². The molecule has 0 spiro atoms. The Hall–Kier alpha value is -0.900. The van der Waals surface area contributed by atoms with Gasteiger partial charge in [-0.15, -0.1) is 0 Å². The van der Waals surface area contributed by atoms with Gasteiger partial charge in [0.2, 0.25) is 0 Å². The first-order chi connectivity index (χ1) is 9.72. The third kappa shape index (κ3) is 3.60. The Labute approximate surface area is 122 Å². The lowest BCUT2D eigenvalue weighted by molar-refractivity contribution is 0.0601. The van der Waals surface area contributed by atoms with Crippen LogP contribution >= 0.6 is 0 Å². The predicted molar refractivity (Wildman–Crippen MR) is 81.6 cm³/mol. The van der Waals surface area contributed by atoms with Gasteiger partial charge in [0.1, 0.15) is 0 Å². The van der Waals surface area contributed by atoms with Gasteiger partial charge in [-0.2, -0.15) is 0 Å². The fourth-order valence-corrected chi connectivity index (χ4v) is 3.05. The smallest absolute Gasteiger partial charge is 0.0695 e. The largest absolute Gasteiger partial charge is 0.392 e. The average molecular weight is 274 g/mol. The van der Waals surface area contributed by atoms with Gasteiger partial charge in [0, 0.05) is 39.3 Å². The summed E-state index contributed by atoms with van der Waals surface area (Å²) in [6.07, 6.45) is 2.38. The minimum absolute atomic E-state index is 0.0853. The second-order valence-corrected chi connectivity index (χ2v) is 6.41. The van der Waals surface area contributed by atoms with E-state index in [0.717, 1.165) is 39.3 Å². The van der Waals surface area contributed by atoms with Crippen molar-refractivity contribution in [2.45, 2.75) is 32.4 Å². The normalized spacial score (nSPS) is 22.9. The molecule has 3 nitrogen and oxygen atoms in total. The summed E-state index contributed by atoms with van der Waals surface area (Å²) in [5, 5.41) is 10.0. The van der Waals surface area contributed by atoms with Crippen molar-refractivity contribution in [1.29, 1.82) is 0 Å². The van der Waals surface area contributed by atoms with Crippen LogP contribution in [0.1, 0.15) is 24.0 Å². The molecule has 1 saturated heterocycles. The Morgan fingerprint density at radius 1 is 1.10 bits per heavy atom. The zero-order chi connectivity index (χ0) is 13.9. The Morgan fingerprint density at radius 3 is 2.40 bits per heavy atom. The van der Waals surface area contributed by atoms with Crippen LogP contribution in [-0.2, 0) is 6.54 Å². The summed E-state index contributed by atoms with van der Waals surface area (Å²) in [5.41, 5.74) is 2.83. The highest BCUT2D eigenvalue weighted by Gasteiger charge is 2.31. The Balaban J connectivity index is 1.45. The molecule has 20 heavy (non-hydrogen) atoms. The quantitative estimate of drug-likeness (QED) is 0.888. The van der Waals surface area contributed by atoms with Crippen LogP contribution in [-0.4, -0.2) is 53.7 Å². The first-order valence-corrected chi connectivity index (χ1v) is 7.89. The number of benzene rings is 1. The monoisotopic (exact) mass is 274 g/mol. The molecule has 3 heteroatoms. The third-order valence-electron chi connectivity index (χ3n) is 4.73. The Bertz CT molecular complexity index is 436. The fourth-order valence-electron chi connectivity index (χ4n) is 3.05. The molecule has 1 atom stereocenters. The number of nitrogens with zero attached hydrogens (tertiary/aromatic N) is 2. The molecular formula is C17H26N2O. The molecule has 0 radical (unpaired) electrons. The number of aliphatic hydroxyl groups is 1. The Kier molecular flexibility index (Phi) is 4.39. The molecule has 1 saturated carbocycles. The molecule has 110 valence electrons. The van der Waals surface area contributed by atoms with Crippen molar-refractivity contribution in [1.82, 2.24) is 9.80 Å². The molecule has 2 aliphatic rings. The fraction of sp³-hybridized carbons (Fsp3) is 0.647. The molecule has 1 N–H and O–H groups in total. The SMILES string of the molecule is Cc1ccccc1CN1CCN(C[C@H](O)C2CC2)CC1. The van der Waals surface area contributed by atoms with Gasteiger partial charge < -0.3 is 5.11 Å². The number of hydrogen-bond donors (Lipinski definition) is 1. The molecule has 0 aromatic heterocycles. The van der Waals surface area contributed by atoms with Crippen LogP contribution in [0.15, 0.2) is 24.3 Å². The molecule has 3 rings (SSSR count). The van der Waals surface area contributed by atoms with Crippen LogP contribution in [0.25, 0.3) is 0 Å². The van der Waals surface area contributed by atoms with Crippen LogP contribution < -0.4 is 0 Å². The van der Waals surface area contributed by atoms with Gasteiger partial charge in [0.15, 0.2) is 0 Å². The Morgan fingerprint density at radius 2 is 1.75 bits per heavy atom. The summed E-state index contributed by atoms with van der Waals surface area (Å²) in [4.78, 5) is 4.96. The summed E-state index contributed by atoms with van der Waals surface area (Å²) in [6, 6.07) is 8.66. The van der Waals surface area contributed by atoms with Crippen molar-refractivity contribution in [2.75, 3.05) is 32.7 Å². The lowest BCUT2D eigenvalue weighted by Crippen LogP contribution is -2.48. The van der Waals surface area contributed by atoms with Gasteiger partial charge in [0.25, 0.3) is 0 Å².